The monoisotopic (exact) mass is 297 g/mol. The first-order valence-corrected chi connectivity index (χ1v) is 7.14. The van der Waals surface area contributed by atoms with Crippen molar-refractivity contribution in [2.45, 2.75) is 6.42 Å². The Labute approximate surface area is 117 Å². The summed E-state index contributed by atoms with van der Waals surface area (Å²) in [5.74, 6) is -0.496. The van der Waals surface area contributed by atoms with Crippen molar-refractivity contribution in [3.63, 3.8) is 0 Å². The zero-order valence-electron chi connectivity index (χ0n) is 11.2. The van der Waals surface area contributed by atoms with Crippen LogP contribution >= 0.6 is 0 Å². The van der Waals surface area contributed by atoms with Crippen LogP contribution in [0.5, 0.6) is 0 Å². The van der Waals surface area contributed by atoms with E-state index < -0.39 is 16.2 Å². The molecule has 20 heavy (non-hydrogen) atoms. The Hall–Kier alpha value is -2.11. The van der Waals surface area contributed by atoms with Crippen LogP contribution in [0.3, 0.4) is 0 Å². The van der Waals surface area contributed by atoms with Crippen molar-refractivity contribution in [1.29, 1.82) is 5.26 Å². The molecule has 7 nitrogen and oxygen atoms in total. The first-order chi connectivity index (χ1) is 9.40. The Morgan fingerprint density at radius 2 is 2.10 bits per heavy atom. The molecule has 0 atom stereocenters. The molecule has 108 valence electrons. The molecule has 0 aromatic heterocycles. The van der Waals surface area contributed by atoms with Crippen LogP contribution in [0, 0.1) is 11.3 Å². The van der Waals surface area contributed by atoms with Gasteiger partial charge in [0.2, 0.25) is 0 Å². The number of hydrogen-bond donors (Lipinski definition) is 1. The minimum Gasteiger partial charge on any atom is -0.469 e. The van der Waals surface area contributed by atoms with Crippen molar-refractivity contribution in [3.05, 3.63) is 29.8 Å². The van der Waals surface area contributed by atoms with E-state index >= 15 is 0 Å². The molecule has 1 aromatic carbocycles. The summed E-state index contributed by atoms with van der Waals surface area (Å²) in [4.78, 5) is 11.0. The first kappa shape index (κ1) is 15.9. The van der Waals surface area contributed by atoms with Gasteiger partial charge in [-0.05, 0) is 12.1 Å². The lowest BCUT2D eigenvalue weighted by Crippen LogP contribution is -2.34. The van der Waals surface area contributed by atoms with E-state index in [1.165, 1.54) is 26.3 Å². The molecular weight excluding hydrogens is 282 g/mol. The third-order valence-electron chi connectivity index (χ3n) is 2.56. The van der Waals surface area contributed by atoms with Gasteiger partial charge in [0.15, 0.2) is 0 Å². The molecule has 0 radical (unpaired) electrons. The summed E-state index contributed by atoms with van der Waals surface area (Å²) in [6, 6.07) is 8.15. The highest BCUT2D eigenvalue weighted by Gasteiger charge is 2.19. The van der Waals surface area contributed by atoms with E-state index in [4.69, 9.17) is 5.26 Å². The van der Waals surface area contributed by atoms with Gasteiger partial charge in [-0.15, -0.1) is 0 Å². The van der Waals surface area contributed by atoms with Gasteiger partial charge in [-0.3, -0.25) is 9.52 Å². The SMILES string of the molecule is COC(=O)CCN(C)S(=O)(=O)Nc1ccccc1C#N. The summed E-state index contributed by atoms with van der Waals surface area (Å²) in [6.07, 6.45) is -0.0478. The Morgan fingerprint density at radius 1 is 1.45 bits per heavy atom. The molecule has 0 aliphatic rings. The Morgan fingerprint density at radius 3 is 2.70 bits per heavy atom. The number of nitrogens with one attached hydrogen (secondary N) is 1. The van der Waals surface area contributed by atoms with Gasteiger partial charge in [0.25, 0.3) is 0 Å². The number of esters is 1. The Balaban J connectivity index is 2.79. The van der Waals surface area contributed by atoms with Crippen LogP contribution in [0.2, 0.25) is 0 Å². The van der Waals surface area contributed by atoms with Crippen molar-refractivity contribution < 1.29 is 17.9 Å². The number of carbonyl (C=O) groups excluding carboxylic acids is 1. The van der Waals surface area contributed by atoms with Gasteiger partial charge in [0, 0.05) is 13.6 Å². The van der Waals surface area contributed by atoms with Crippen LogP contribution in [-0.4, -0.2) is 39.4 Å². The molecule has 0 heterocycles. The maximum Gasteiger partial charge on any atom is 0.306 e. The predicted molar refractivity (Wildman–Crippen MR) is 73.0 cm³/mol. The fourth-order valence-corrected chi connectivity index (χ4v) is 2.30. The largest absolute Gasteiger partial charge is 0.469 e. The second kappa shape index (κ2) is 6.88. The molecule has 0 saturated heterocycles. The summed E-state index contributed by atoms with van der Waals surface area (Å²) < 4.78 is 31.8. The Kier molecular flexibility index (Phi) is 5.49. The first-order valence-electron chi connectivity index (χ1n) is 5.70. The molecule has 0 aliphatic heterocycles. The maximum absolute atomic E-state index is 12.0. The average molecular weight is 297 g/mol. The van der Waals surface area contributed by atoms with E-state index in [-0.39, 0.29) is 24.2 Å². The van der Waals surface area contributed by atoms with Gasteiger partial charge >= 0.3 is 16.2 Å². The highest BCUT2D eigenvalue weighted by Crippen LogP contribution is 2.16. The number of para-hydroxylation sites is 1. The number of methoxy groups -OCH3 is 1. The van der Waals surface area contributed by atoms with E-state index in [1.54, 1.807) is 12.1 Å². The molecule has 1 aromatic rings. The zero-order valence-corrected chi connectivity index (χ0v) is 12.0. The summed E-state index contributed by atoms with van der Waals surface area (Å²) in [5, 5.41) is 8.90. The van der Waals surface area contributed by atoms with Crippen molar-refractivity contribution in [2.75, 3.05) is 25.4 Å². The molecule has 8 heteroatoms. The molecule has 0 bridgehead atoms. The van der Waals surface area contributed by atoms with Gasteiger partial charge in [0.05, 0.1) is 24.8 Å². The maximum atomic E-state index is 12.0. The summed E-state index contributed by atoms with van der Waals surface area (Å²) >= 11 is 0. The molecule has 0 fully saturated rings. The minimum atomic E-state index is -3.83. The molecular formula is C12H15N3O4S. The molecule has 1 N–H and O–H groups in total. The van der Waals surface area contributed by atoms with E-state index in [9.17, 15) is 13.2 Å². The van der Waals surface area contributed by atoms with Crippen LogP contribution < -0.4 is 4.72 Å². The lowest BCUT2D eigenvalue weighted by Gasteiger charge is -2.18. The van der Waals surface area contributed by atoms with Crippen molar-refractivity contribution in [3.8, 4) is 6.07 Å². The number of carbonyl (C=O) groups is 1. The number of hydrogen-bond acceptors (Lipinski definition) is 5. The fourth-order valence-electron chi connectivity index (χ4n) is 1.36. The second-order valence-corrected chi connectivity index (χ2v) is 5.69. The van der Waals surface area contributed by atoms with Crippen molar-refractivity contribution >= 4 is 21.9 Å². The third-order valence-corrected chi connectivity index (χ3v) is 4.04. The summed E-state index contributed by atoms with van der Waals surface area (Å²) in [7, 11) is -1.26. The third kappa shape index (κ3) is 4.22. The minimum absolute atomic E-state index is 0.0171. The van der Waals surface area contributed by atoms with Crippen molar-refractivity contribution in [2.24, 2.45) is 0 Å². The summed E-state index contributed by atoms with van der Waals surface area (Å²) in [6.45, 7) is -0.0171. The van der Waals surface area contributed by atoms with Crippen LogP contribution in [0.4, 0.5) is 5.69 Å². The molecule has 0 unspecified atom stereocenters. The normalized spacial score (nSPS) is 10.9. The van der Waals surface area contributed by atoms with E-state index in [0.717, 1.165) is 4.31 Å². The van der Waals surface area contributed by atoms with Crippen LogP contribution in [-0.2, 0) is 19.7 Å². The number of ether oxygens (including phenoxy) is 1. The number of benzene rings is 1. The molecule has 1 rings (SSSR count). The average Bonchev–Trinajstić information content (AvgIpc) is 2.44. The van der Waals surface area contributed by atoms with Gasteiger partial charge in [-0.2, -0.15) is 18.0 Å². The van der Waals surface area contributed by atoms with Gasteiger partial charge in [0.1, 0.15) is 6.07 Å². The highest BCUT2D eigenvalue weighted by molar-refractivity contribution is 7.90. The lowest BCUT2D eigenvalue weighted by atomic mass is 10.2. The van der Waals surface area contributed by atoms with Crippen LogP contribution in [0.1, 0.15) is 12.0 Å². The number of rotatable bonds is 6. The van der Waals surface area contributed by atoms with Gasteiger partial charge < -0.3 is 4.74 Å². The van der Waals surface area contributed by atoms with E-state index in [0.29, 0.717) is 0 Å². The quantitative estimate of drug-likeness (QED) is 0.779. The lowest BCUT2D eigenvalue weighted by molar-refractivity contribution is -0.140. The molecule has 0 spiro atoms. The van der Waals surface area contributed by atoms with Crippen LogP contribution in [0.25, 0.3) is 0 Å². The molecule has 0 amide bonds. The van der Waals surface area contributed by atoms with Crippen molar-refractivity contribution in [1.82, 2.24) is 4.31 Å². The van der Waals surface area contributed by atoms with Gasteiger partial charge in [-0.1, -0.05) is 12.1 Å². The number of nitriles is 1. The number of anilines is 1. The smallest absolute Gasteiger partial charge is 0.306 e. The predicted octanol–water partition coefficient (Wildman–Crippen LogP) is 0.710. The summed E-state index contributed by atoms with van der Waals surface area (Å²) in [5.41, 5.74) is 0.414. The number of nitrogens with zero attached hydrogens (tertiary/aromatic N) is 2. The molecule has 0 saturated carbocycles. The molecule has 0 aliphatic carbocycles. The Bertz CT molecular complexity index is 622. The van der Waals surface area contributed by atoms with E-state index in [1.807, 2.05) is 6.07 Å². The van der Waals surface area contributed by atoms with Gasteiger partial charge in [-0.25, -0.2) is 0 Å². The topological polar surface area (TPSA) is 99.5 Å². The standard InChI is InChI=1S/C12H15N3O4S/c1-15(8-7-12(16)19-2)20(17,18)14-11-6-4-3-5-10(11)9-13/h3-6,14H,7-8H2,1-2H3. The van der Waals surface area contributed by atoms with Crippen LogP contribution in [0.15, 0.2) is 24.3 Å². The fraction of sp³-hybridized carbons (Fsp3) is 0.333. The second-order valence-electron chi connectivity index (χ2n) is 3.91. The zero-order chi connectivity index (χ0) is 15.2. The highest BCUT2D eigenvalue weighted by atomic mass is 32.2. The van der Waals surface area contributed by atoms with E-state index in [2.05, 4.69) is 9.46 Å².